The number of pyridine rings is 1. The molecule has 26 heavy (non-hydrogen) atoms. The Kier molecular flexibility index (Phi) is 6.39. The Bertz CT molecular complexity index is 857. The van der Waals surface area contributed by atoms with Gasteiger partial charge in [0.25, 0.3) is 0 Å². The summed E-state index contributed by atoms with van der Waals surface area (Å²) < 4.78 is 5.92. The van der Waals surface area contributed by atoms with Crippen molar-refractivity contribution in [3.63, 3.8) is 0 Å². The molecule has 3 rings (SSSR count). The average Bonchev–Trinajstić information content (AvgIpc) is 3.13. The molecule has 0 bridgehead atoms. The zero-order chi connectivity index (χ0) is 18.2. The van der Waals surface area contributed by atoms with Gasteiger partial charge in [0, 0.05) is 18.0 Å². The Labute approximate surface area is 159 Å². The lowest BCUT2D eigenvalue weighted by Crippen LogP contribution is -2.24. The number of hydrogen-bond donors (Lipinski definition) is 2. The first-order chi connectivity index (χ1) is 12.7. The van der Waals surface area contributed by atoms with Crippen LogP contribution in [0.25, 0.3) is 0 Å². The van der Waals surface area contributed by atoms with E-state index in [1.807, 2.05) is 42.5 Å². The summed E-state index contributed by atoms with van der Waals surface area (Å²) in [7, 11) is 1.62. The number of hydrogen-bond acceptors (Lipinski definition) is 8. The summed E-state index contributed by atoms with van der Waals surface area (Å²) in [6.45, 7) is 0.416. The molecule has 1 amide bonds. The van der Waals surface area contributed by atoms with E-state index in [-0.39, 0.29) is 11.7 Å². The van der Waals surface area contributed by atoms with Gasteiger partial charge in [-0.25, -0.2) is 0 Å². The van der Waals surface area contributed by atoms with Gasteiger partial charge in [0.15, 0.2) is 4.34 Å². The van der Waals surface area contributed by atoms with Crippen molar-refractivity contribution in [3.8, 4) is 5.75 Å². The maximum Gasteiger partial charge on any atom is 0.230 e. The second-order valence-electron chi connectivity index (χ2n) is 5.12. The third-order valence-electron chi connectivity index (χ3n) is 3.25. The van der Waals surface area contributed by atoms with Gasteiger partial charge in [0.2, 0.25) is 11.0 Å². The highest BCUT2D eigenvalue weighted by molar-refractivity contribution is 8.01. The van der Waals surface area contributed by atoms with Gasteiger partial charge in [-0.2, -0.15) is 0 Å². The maximum atomic E-state index is 11.9. The molecule has 2 N–H and O–H groups in total. The molecule has 134 valence electrons. The van der Waals surface area contributed by atoms with Crippen LogP contribution in [-0.4, -0.2) is 34.0 Å². The van der Waals surface area contributed by atoms with Gasteiger partial charge in [0.05, 0.1) is 25.1 Å². The molecule has 0 saturated heterocycles. The topological polar surface area (TPSA) is 89.0 Å². The van der Waals surface area contributed by atoms with E-state index in [1.54, 1.807) is 13.3 Å². The largest absolute Gasteiger partial charge is 0.497 e. The number of ether oxygens (including phenoxy) is 1. The highest BCUT2D eigenvalue weighted by Gasteiger charge is 2.09. The number of rotatable bonds is 8. The van der Waals surface area contributed by atoms with Gasteiger partial charge in [-0.05, 0) is 24.3 Å². The van der Waals surface area contributed by atoms with Crippen LogP contribution in [0.5, 0.6) is 5.75 Å². The standard InChI is InChI=1S/C17H17N5O2S2/c1-24-14-7-4-6-12(9-14)20-16-21-22-17(26-16)25-11-15(23)19-10-13-5-2-3-8-18-13/h2-9H,10-11H2,1H3,(H,19,23)(H,20,21). The minimum absolute atomic E-state index is 0.0712. The Morgan fingerprint density at radius 2 is 2.15 bits per heavy atom. The zero-order valence-electron chi connectivity index (χ0n) is 14.0. The SMILES string of the molecule is COc1cccc(Nc2nnc(SCC(=O)NCc3ccccn3)s2)c1. The lowest BCUT2D eigenvalue weighted by Gasteiger charge is -2.04. The number of nitrogens with zero attached hydrogens (tertiary/aromatic N) is 3. The number of aromatic nitrogens is 3. The number of amides is 1. The van der Waals surface area contributed by atoms with Crippen molar-refractivity contribution in [2.45, 2.75) is 10.9 Å². The summed E-state index contributed by atoms with van der Waals surface area (Å²) in [5.41, 5.74) is 1.69. The zero-order valence-corrected chi connectivity index (χ0v) is 15.6. The van der Waals surface area contributed by atoms with Gasteiger partial charge >= 0.3 is 0 Å². The molecule has 1 aromatic carbocycles. The highest BCUT2D eigenvalue weighted by atomic mass is 32.2. The predicted octanol–water partition coefficient (Wildman–Crippen LogP) is 3.09. The molecule has 0 aliphatic carbocycles. The molecule has 2 aromatic heterocycles. The first kappa shape index (κ1) is 18.2. The number of thioether (sulfide) groups is 1. The lowest BCUT2D eigenvalue weighted by atomic mass is 10.3. The molecule has 0 aliphatic heterocycles. The van der Waals surface area contributed by atoms with E-state index in [9.17, 15) is 4.79 Å². The van der Waals surface area contributed by atoms with Gasteiger partial charge < -0.3 is 15.4 Å². The van der Waals surface area contributed by atoms with Gasteiger partial charge in [-0.15, -0.1) is 10.2 Å². The van der Waals surface area contributed by atoms with Crippen molar-refractivity contribution < 1.29 is 9.53 Å². The molecule has 2 heterocycles. The first-order valence-corrected chi connectivity index (χ1v) is 9.57. The summed E-state index contributed by atoms with van der Waals surface area (Å²) in [5, 5.41) is 14.9. The van der Waals surface area contributed by atoms with Crippen molar-refractivity contribution in [2.24, 2.45) is 0 Å². The molecule has 7 nitrogen and oxygen atoms in total. The summed E-state index contributed by atoms with van der Waals surface area (Å²) in [5.74, 6) is 0.970. The first-order valence-electron chi connectivity index (χ1n) is 7.77. The molecule has 0 fully saturated rings. The van der Waals surface area contributed by atoms with Crippen LogP contribution in [0.2, 0.25) is 0 Å². The number of carbonyl (C=O) groups excluding carboxylic acids is 1. The molecule has 0 atom stereocenters. The fraction of sp³-hybridized carbons (Fsp3) is 0.176. The molecule has 0 spiro atoms. The van der Waals surface area contributed by atoms with Crippen LogP contribution in [0.3, 0.4) is 0 Å². The van der Waals surface area contributed by atoms with Crippen LogP contribution in [0.4, 0.5) is 10.8 Å². The van der Waals surface area contributed by atoms with Gasteiger partial charge in [-0.3, -0.25) is 9.78 Å². The van der Waals surface area contributed by atoms with Gasteiger partial charge in [-0.1, -0.05) is 35.2 Å². The van der Waals surface area contributed by atoms with Crippen molar-refractivity contribution in [3.05, 3.63) is 54.4 Å². The highest BCUT2D eigenvalue weighted by Crippen LogP contribution is 2.28. The van der Waals surface area contributed by atoms with E-state index >= 15 is 0 Å². The molecular formula is C17H17N5O2S2. The second kappa shape index (κ2) is 9.16. The fourth-order valence-electron chi connectivity index (χ4n) is 2.01. The van der Waals surface area contributed by atoms with E-state index in [1.165, 1.54) is 23.1 Å². The van der Waals surface area contributed by atoms with Crippen molar-refractivity contribution >= 4 is 39.8 Å². The Hall–Kier alpha value is -2.65. The summed E-state index contributed by atoms with van der Waals surface area (Å²) in [6, 6.07) is 13.2. The number of methoxy groups -OCH3 is 1. The third-order valence-corrected chi connectivity index (χ3v) is 5.22. The number of anilines is 2. The molecule has 9 heteroatoms. The van der Waals surface area contributed by atoms with E-state index in [0.29, 0.717) is 11.7 Å². The average molecular weight is 387 g/mol. The minimum atomic E-state index is -0.0712. The van der Waals surface area contributed by atoms with Crippen LogP contribution < -0.4 is 15.4 Å². The molecular weight excluding hydrogens is 370 g/mol. The van der Waals surface area contributed by atoms with Crippen molar-refractivity contribution in [1.82, 2.24) is 20.5 Å². The third kappa shape index (κ3) is 5.43. The Balaban J connectivity index is 1.46. The molecule has 0 aliphatic rings. The van der Waals surface area contributed by atoms with Crippen molar-refractivity contribution in [2.75, 3.05) is 18.2 Å². The minimum Gasteiger partial charge on any atom is -0.497 e. The van der Waals surface area contributed by atoms with Gasteiger partial charge in [0.1, 0.15) is 5.75 Å². The summed E-state index contributed by atoms with van der Waals surface area (Å²) >= 11 is 2.74. The monoisotopic (exact) mass is 387 g/mol. The normalized spacial score (nSPS) is 10.3. The van der Waals surface area contributed by atoms with E-state index < -0.39 is 0 Å². The number of carbonyl (C=O) groups is 1. The van der Waals surface area contributed by atoms with Crippen LogP contribution in [-0.2, 0) is 11.3 Å². The van der Waals surface area contributed by atoms with E-state index in [0.717, 1.165) is 21.5 Å². The Morgan fingerprint density at radius 3 is 2.96 bits per heavy atom. The lowest BCUT2D eigenvalue weighted by molar-refractivity contribution is -0.118. The van der Waals surface area contributed by atoms with Crippen LogP contribution in [0, 0.1) is 0 Å². The van der Waals surface area contributed by atoms with Crippen LogP contribution in [0.15, 0.2) is 53.0 Å². The second-order valence-corrected chi connectivity index (χ2v) is 7.32. The van der Waals surface area contributed by atoms with Crippen LogP contribution in [0.1, 0.15) is 5.69 Å². The maximum absolute atomic E-state index is 11.9. The molecule has 0 saturated carbocycles. The van der Waals surface area contributed by atoms with Crippen LogP contribution >= 0.6 is 23.1 Å². The molecule has 3 aromatic rings. The molecule has 0 radical (unpaired) electrons. The smallest absolute Gasteiger partial charge is 0.230 e. The predicted molar refractivity (Wildman–Crippen MR) is 103 cm³/mol. The number of nitrogens with one attached hydrogen (secondary N) is 2. The quantitative estimate of drug-likeness (QED) is 0.574. The summed E-state index contributed by atoms with van der Waals surface area (Å²) in [4.78, 5) is 16.1. The van der Waals surface area contributed by atoms with E-state index in [2.05, 4.69) is 25.8 Å². The summed E-state index contributed by atoms with van der Waals surface area (Å²) in [6.07, 6.45) is 1.70. The van der Waals surface area contributed by atoms with E-state index in [4.69, 9.17) is 4.74 Å². The van der Waals surface area contributed by atoms with Crippen molar-refractivity contribution in [1.29, 1.82) is 0 Å². The number of benzene rings is 1. The Morgan fingerprint density at radius 1 is 1.23 bits per heavy atom. The fourth-order valence-corrected chi connectivity index (χ4v) is 3.62. The molecule has 0 unspecified atom stereocenters.